The molecule has 4 rings (SSSR count). The summed E-state index contributed by atoms with van der Waals surface area (Å²) in [4.78, 5) is 30.4. The van der Waals surface area contributed by atoms with Gasteiger partial charge in [-0.25, -0.2) is 0 Å². The Kier molecular flexibility index (Phi) is 5.80. The molecule has 1 saturated heterocycles. The van der Waals surface area contributed by atoms with Crippen molar-refractivity contribution in [3.63, 3.8) is 0 Å². The Balaban J connectivity index is 1.45. The first-order valence-electron chi connectivity index (χ1n) is 10.8. The van der Waals surface area contributed by atoms with Crippen molar-refractivity contribution < 1.29 is 14.3 Å². The van der Waals surface area contributed by atoms with Crippen LogP contribution in [0.1, 0.15) is 47.2 Å². The topological polar surface area (TPSA) is 49.9 Å². The molecule has 2 amide bonds. The maximum absolute atomic E-state index is 13.6. The van der Waals surface area contributed by atoms with Crippen LogP contribution in [0.3, 0.4) is 0 Å². The van der Waals surface area contributed by atoms with Crippen LogP contribution >= 0.6 is 0 Å². The lowest BCUT2D eigenvalue weighted by molar-refractivity contribution is -0.138. The van der Waals surface area contributed by atoms with Crippen LogP contribution in [0.25, 0.3) is 0 Å². The number of rotatable bonds is 4. The first-order valence-corrected chi connectivity index (χ1v) is 10.8. The van der Waals surface area contributed by atoms with Gasteiger partial charge in [0.2, 0.25) is 5.91 Å². The molecule has 2 aromatic carbocycles. The minimum absolute atomic E-state index is 0.000891. The molecular formula is C25H30N2O3. The van der Waals surface area contributed by atoms with Crippen LogP contribution in [-0.4, -0.2) is 54.9 Å². The molecule has 1 aliphatic heterocycles. The Labute approximate surface area is 178 Å². The average Bonchev–Trinajstić information content (AvgIpc) is 3.30. The van der Waals surface area contributed by atoms with Gasteiger partial charge < -0.3 is 14.5 Å². The van der Waals surface area contributed by atoms with E-state index in [1.165, 1.54) is 0 Å². The van der Waals surface area contributed by atoms with Gasteiger partial charge in [-0.3, -0.25) is 9.59 Å². The third-order valence-electron chi connectivity index (χ3n) is 6.70. The summed E-state index contributed by atoms with van der Waals surface area (Å²) in [5.41, 5.74) is 2.39. The Morgan fingerprint density at radius 1 is 0.900 bits per heavy atom. The zero-order valence-corrected chi connectivity index (χ0v) is 17.9. The lowest BCUT2D eigenvalue weighted by atomic mass is 9.77. The van der Waals surface area contributed by atoms with Gasteiger partial charge in [0.25, 0.3) is 5.91 Å². The van der Waals surface area contributed by atoms with Crippen molar-refractivity contribution >= 4 is 11.8 Å². The molecule has 2 aliphatic rings. The molecule has 0 unspecified atom stereocenters. The lowest BCUT2D eigenvalue weighted by Crippen LogP contribution is -2.55. The van der Waals surface area contributed by atoms with Crippen LogP contribution < -0.4 is 4.74 Å². The minimum Gasteiger partial charge on any atom is -0.496 e. The number of amides is 2. The van der Waals surface area contributed by atoms with E-state index in [0.29, 0.717) is 31.7 Å². The number of carbonyl (C=O) groups excluding carboxylic acids is 2. The second kappa shape index (κ2) is 8.50. The van der Waals surface area contributed by atoms with Crippen LogP contribution in [0.2, 0.25) is 0 Å². The zero-order chi connectivity index (χ0) is 21.1. The largest absolute Gasteiger partial charge is 0.496 e. The molecule has 0 bridgehead atoms. The van der Waals surface area contributed by atoms with Crippen LogP contribution in [0.15, 0.2) is 48.5 Å². The summed E-state index contributed by atoms with van der Waals surface area (Å²) < 4.78 is 5.36. The number of carbonyl (C=O) groups is 2. The van der Waals surface area contributed by atoms with Gasteiger partial charge in [-0.1, -0.05) is 49.2 Å². The molecule has 1 saturated carbocycles. The molecule has 0 aromatic heterocycles. The molecule has 2 aromatic rings. The molecule has 0 radical (unpaired) electrons. The van der Waals surface area contributed by atoms with E-state index >= 15 is 0 Å². The van der Waals surface area contributed by atoms with E-state index < -0.39 is 5.41 Å². The third kappa shape index (κ3) is 3.69. The second-order valence-electron chi connectivity index (χ2n) is 8.42. The summed E-state index contributed by atoms with van der Waals surface area (Å²) >= 11 is 0. The second-order valence-corrected chi connectivity index (χ2v) is 8.42. The highest BCUT2D eigenvalue weighted by Gasteiger charge is 2.45. The van der Waals surface area contributed by atoms with E-state index in [1.807, 2.05) is 47.1 Å². The lowest BCUT2D eigenvalue weighted by Gasteiger charge is -2.40. The Morgan fingerprint density at radius 2 is 1.53 bits per heavy atom. The molecule has 1 heterocycles. The van der Waals surface area contributed by atoms with E-state index in [4.69, 9.17) is 4.74 Å². The molecule has 0 N–H and O–H groups in total. The third-order valence-corrected chi connectivity index (χ3v) is 6.70. The van der Waals surface area contributed by atoms with Crippen molar-refractivity contribution in [1.82, 2.24) is 9.80 Å². The summed E-state index contributed by atoms with van der Waals surface area (Å²) in [5.74, 6) is 0.954. The number of benzene rings is 2. The van der Waals surface area contributed by atoms with Gasteiger partial charge in [0.1, 0.15) is 5.75 Å². The summed E-state index contributed by atoms with van der Waals surface area (Å²) in [6, 6.07) is 15.8. The highest BCUT2D eigenvalue weighted by atomic mass is 16.5. The Bertz CT molecular complexity index is 911. The van der Waals surface area contributed by atoms with E-state index in [9.17, 15) is 9.59 Å². The smallest absolute Gasteiger partial charge is 0.254 e. The van der Waals surface area contributed by atoms with E-state index in [1.54, 1.807) is 13.2 Å². The summed E-state index contributed by atoms with van der Waals surface area (Å²) in [7, 11) is 1.62. The van der Waals surface area contributed by atoms with E-state index in [2.05, 4.69) is 12.1 Å². The maximum Gasteiger partial charge on any atom is 0.254 e. The fourth-order valence-corrected chi connectivity index (χ4v) is 4.91. The van der Waals surface area contributed by atoms with Crippen molar-refractivity contribution in [2.75, 3.05) is 33.3 Å². The Morgan fingerprint density at radius 3 is 2.17 bits per heavy atom. The number of ether oxygens (including phenoxy) is 1. The predicted octanol–water partition coefficient (Wildman–Crippen LogP) is 3.80. The molecule has 5 nitrogen and oxygen atoms in total. The maximum atomic E-state index is 13.6. The fraction of sp³-hybridized carbons (Fsp3) is 0.440. The molecule has 1 aliphatic carbocycles. The van der Waals surface area contributed by atoms with Crippen LogP contribution in [0, 0.1) is 6.92 Å². The van der Waals surface area contributed by atoms with E-state index in [0.717, 1.165) is 42.6 Å². The molecule has 30 heavy (non-hydrogen) atoms. The predicted molar refractivity (Wildman–Crippen MR) is 117 cm³/mol. The zero-order valence-electron chi connectivity index (χ0n) is 17.9. The standard InChI is InChI=1S/C25H30N2O3/c1-19-10-11-20(18-22(19)30-2)23(28)26-14-16-27(17-15-26)24(29)25(12-6-7-13-25)21-8-4-3-5-9-21/h3-5,8-11,18H,6-7,12-17H2,1-2H3. The first-order chi connectivity index (χ1) is 14.5. The molecule has 5 heteroatoms. The monoisotopic (exact) mass is 406 g/mol. The number of hydrogen-bond donors (Lipinski definition) is 0. The summed E-state index contributed by atoms with van der Waals surface area (Å²) in [6.07, 6.45) is 4.01. The van der Waals surface area contributed by atoms with E-state index in [-0.39, 0.29) is 11.8 Å². The molecule has 158 valence electrons. The average molecular weight is 407 g/mol. The van der Waals surface area contributed by atoms with Gasteiger partial charge in [-0.05, 0) is 43.0 Å². The van der Waals surface area contributed by atoms with Gasteiger partial charge >= 0.3 is 0 Å². The van der Waals surface area contributed by atoms with Crippen molar-refractivity contribution in [3.8, 4) is 5.75 Å². The van der Waals surface area contributed by atoms with Gasteiger partial charge in [0.15, 0.2) is 0 Å². The quantitative estimate of drug-likeness (QED) is 0.776. The highest BCUT2D eigenvalue weighted by molar-refractivity contribution is 5.95. The number of hydrogen-bond acceptors (Lipinski definition) is 3. The fourth-order valence-electron chi connectivity index (χ4n) is 4.91. The van der Waals surface area contributed by atoms with Crippen molar-refractivity contribution in [1.29, 1.82) is 0 Å². The molecule has 0 atom stereocenters. The highest BCUT2D eigenvalue weighted by Crippen LogP contribution is 2.42. The van der Waals surface area contributed by atoms with Crippen LogP contribution in [-0.2, 0) is 10.2 Å². The van der Waals surface area contributed by atoms with Gasteiger partial charge in [-0.2, -0.15) is 0 Å². The van der Waals surface area contributed by atoms with Gasteiger partial charge in [0.05, 0.1) is 12.5 Å². The number of aryl methyl sites for hydroxylation is 1. The van der Waals surface area contributed by atoms with Crippen molar-refractivity contribution in [2.24, 2.45) is 0 Å². The van der Waals surface area contributed by atoms with Crippen LogP contribution in [0.4, 0.5) is 0 Å². The van der Waals surface area contributed by atoms with Crippen LogP contribution in [0.5, 0.6) is 5.75 Å². The minimum atomic E-state index is -0.391. The van der Waals surface area contributed by atoms with Gasteiger partial charge in [0, 0.05) is 31.7 Å². The van der Waals surface area contributed by atoms with Gasteiger partial charge in [-0.15, -0.1) is 0 Å². The summed E-state index contributed by atoms with van der Waals surface area (Å²) in [5, 5.41) is 0. The number of piperazine rings is 1. The molecule has 0 spiro atoms. The van der Waals surface area contributed by atoms with Crippen molar-refractivity contribution in [3.05, 3.63) is 65.2 Å². The van der Waals surface area contributed by atoms with Crippen molar-refractivity contribution in [2.45, 2.75) is 38.0 Å². The SMILES string of the molecule is COc1cc(C(=O)N2CCN(C(=O)C3(c4ccccc4)CCCC3)CC2)ccc1C. The Hall–Kier alpha value is -2.82. The molecule has 2 fully saturated rings. The number of nitrogens with zero attached hydrogens (tertiary/aromatic N) is 2. The molecular weight excluding hydrogens is 376 g/mol. The normalized spacial score (nSPS) is 18.3. The number of methoxy groups -OCH3 is 1. The summed E-state index contributed by atoms with van der Waals surface area (Å²) in [6.45, 7) is 4.25. The first kappa shape index (κ1) is 20.5.